The van der Waals surface area contributed by atoms with Crippen molar-refractivity contribution in [3.05, 3.63) is 88.7 Å². The lowest BCUT2D eigenvalue weighted by atomic mass is 9.89. The van der Waals surface area contributed by atoms with Gasteiger partial charge >= 0.3 is 6.18 Å². The fourth-order valence-corrected chi connectivity index (χ4v) is 6.59. The summed E-state index contributed by atoms with van der Waals surface area (Å²) in [5.41, 5.74) is 6.70. The molecule has 0 saturated carbocycles. The zero-order chi connectivity index (χ0) is 27.0. The summed E-state index contributed by atoms with van der Waals surface area (Å²) in [6.07, 6.45) is 2.02. The molecular weight excluding hydrogens is 499 g/mol. The third-order valence-corrected chi connectivity index (χ3v) is 8.64. The highest BCUT2D eigenvalue weighted by molar-refractivity contribution is 5.60. The summed E-state index contributed by atoms with van der Waals surface area (Å²) in [5.74, 6) is 0. The normalized spacial score (nSPS) is 21.6. The van der Waals surface area contributed by atoms with Crippen LogP contribution in [0, 0.1) is 0 Å². The minimum Gasteiger partial charge on any atom is -0.368 e. The van der Waals surface area contributed by atoms with Crippen LogP contribution in [0.2, 0.25) is 0 Å². The van der Waals surface area contributed by atoms with Gasteiger partial charge in [-0.25, -0.2) is 0 Å². The van der Waals surface area contributed by atoms with Crippen LogP contribution in [0.15, 0.2) is 60.8 Å². The van der Waals surface area contributed by atoms with E-state index in [1.807, 2.05) is 12.3 Å². The monoisotopic (exact) mass is 535 g/mol. The Bertz CT molecular complexity index is 1300. The Kier molecular flexibility index (Phi) is 7.25. The van der Waals surface area contributed by atoms with E-state index >= 15 is 0 Å². The number of aryl methyl sites for hydroxylation is 1. The quantitative estimate of drug-likeness (QED) is 0.470. The highest BCUT2D eigenvalue weighted by atomic mass is 19.4. The molecule has 1 fully saturated rings. The fraction of sp³-hybridized carbons (Fsp3) is 0.452. The van der Waals surface area contributed by atoms with Crippen molar-refractivity contribution < 1.29 is 13.2 Å². The average Bonchev–Trinajstić information content (AvgIpc) is 2.96. The minimum atomic E-state index is -4.32. The number of benzene rings is 2. The minimum absolute atomic E-state index is 0.351. The van der Waals surface area contributed by atoms with Crippen molar-refractivity contribution in [3.8, 4) is 0 Å². The van der Waals surface area contributed by atoms with Gasteiger partial charge in [0.1, 0.15) is 0 Å². The SMILES string of the molecule is CN(C[C@@H]1Cc2c(cccc2N2CCN(c3cccc(C(F)(F)F)c3)CC2)CN1)[C@H]1CCCc2cccnc21. The first kappa shape index (κ1) is 26.1. The third kappa shape index (κ3) is 5.50. The van der Waals surface area contributed by atoms with Crippen molar-refractivity contribution in [2.75, 3.05) is 49.6 Å². The first-order valence-corrected chi connectivity index (χ1v) is 14.0. The van der Waals surface area contributed by atoms with Gasteiger partial charge in [-0.15, -0.1) is 0 Å². The highest BCUT2D eigenvalue weighted by Crippen LogP contribution is 2.35. The number of aromatic nitrogens is 1. The van der Waals surface area contributed by atoms with Crippen LogP contribution < -0.4 is 15.1 Å². The zero-order valence-corrected chi connectivity index (χ0v) is 22.4. The van der Waals surface area contributed by atoms with Gasteiger partial charge in [-0.3, -0.25) is 9.88 Å². The molecule has 6 rings (SSSR count). The number of hydrogen-bond donors (Lipinski definition) is 1. The first-order valence-electron chi connectivity index (χ1n) is 14.0. The van der Waals surface area contributed by atoms with Crippen molar-refractivity contribution in [1.82, 2.24) is 15.2 Å². The number of alkyl halides is 3. The maximum absolute atomic E-state index is 13.2. The number of hydrogen-bond acceptors (Lipinski definition) is 5. The van der Waals surface area contributed by atoms with Crippen LogP contribution in [-0.4, -0.2) is 55.7 Å². The van der Waals surface area contributed by atoms with E-state index in [0.717, 1.165) is 51.5 Å². The molecule has 1 aliphatic carbocycles. The van der Waals surface area contributed by atoms with E-state index in [9.17, 15) is 13.2 Å². The zero-order valence-electron chi connectivity index (χ0n) is 22.4. The molecule has 1 N–H and O–H groups in total. The van der Waals surface area contributed by atoms with Crippen LogP contribution in [0.4, 0.5) is 24.5 Å². The summed E-state index contributed by atoms with van der Waals surface area (Å²) in [4.78, 5) is 11.7. The van der Waals surface area contributed by atoms with Crippen molar-refractivity contribution >= 4 is 11.4 Å². The van der Waals surface area contributed by atoms with Gasteiger partial charge in [-0.05, 0) is 79.8 Å². The molecule has 3 heterocycles. The maximum Gasteiger partial charge on any atom is 0.416 e. The van der Waals surface area contributed by atoms with Crippen LogP contribution in [0.1, 0.15) is 46.8 Å². The summed E-state index contributed by atoms with van der Waals surface area (Å²) in [7, 11) is 2.23. The van der Waals surface area contributed by atoms with E-state index in [1.54, 1.807) is 6.07 Å². The van der Waals surface area contributed by atoms with Crippen LogP contribution in [0.25, 0.3) is 0 Å². The number of pyridine rings is 1. The molecule has 3 aliphatic rings. The molecule has 5 nitrogen and oxygen atoms in total. The number of rotatable bonds is 5. The molecule has 1 aromatic heterocycles. The number of halogens is 3. The van der Waals surface area contributed by atoms with Gasteiger partial charge in [-0.1, -0.05) is 24.3 Å². The second-order valence-corrected chi connectivity index (χ2v) is 11.1. The van der Waals surface area contributed by atoms with Crippen LogP contribution in [0.5, 0.6) is 0 Å². The van der Waals surface area contributed by atoms with Crippen LogP contribution in [-0.2, 0) is 25.6 Å². The van der Waals surface area contributed by atoms with Gasteiger partial charge in [0.15, 0.2) is 0 Å². The maximum atomic E-state index is 13.2. The number of piperazine rings is 1. The summed E-state index contributed by atoms with van der Waals surface area (Å²) in [6.45, 7) is 4.78. The van der Waals surface area contributed by atoms with Gasteiger partial charge < -0.3 is 15.1 Å². The van der Waals surface area contributed by atoms with Crippen molar-refractivity contribution in [2.24, 2.45) is 0 Å². The van der Waals surface area contributed by atoms with E-state index in [-0.39, 0.29) is 0 Å². The first-order chi connectivity index (χ1) is 18.9. The Morgan fingerprint density at radius 2 is 1.74 bits per heavy atom. The van der Waals surface area contributed by atoms with Gasteiger partial charge in [0, 0.05) is 62.9 Å². The predicted octanol–water partition coefficient (Wildman–Crippen LogP) is 5.45. The van der Waals surface area contributed by atoms with E-state index in [1.165, 1.54) is 46.6 Å². The number of nitrogens with zero attached hydrogens (tertiary/aromatic N) is 4. The molecule has 0 spiro atoms. The third-order valence-electron chi connectivity index (χ3n) is 8.64. The molecule has 206 valence electrons. The van der Waals surface area contributed by atoms with Crippen LogP contribution >= 0.6 is 0 Å². The molecule has 0 amide bonds. The number of anilines is 2. The lowest BCUT2D eigenvalue weighted by molar-refractivity contribution is -0.137. The molecule has 2 aliphatic heterocycles. The topological polar surface area (TPSA) is 34.6 Å². The molecule has 0 bridgehead atoms. The fourth-order valence-electron chi connectivity index (χ4n) is 6.59. The number of fused-ring (bicyclic) bond motifs is 2. The summed E-state index contributed by atoms with van der Waals surface area (Å²) >= 11 is 0. The lowest BCUT2D eigenvalue weighted by Crippen LogP contribution is -2.48. The molecule has 1 saturated heterocycles. The van der Waals surface area contributed by atoms with Gasteiger partial charge in [-0.2, -0.15) is 13.2 Å². The molecule has 8 heteroatoms. The van der Waals surface area contributed by atoms with Crippen LogP contribution in [0.3, 0.4) is 0 Å². The Hall–Kier alpha value is -3.10. The van der Waals surface area contributed by atoms with E-state index in [2.05, 4.69) is 51.3 Å². The summed E-state index contributed by atoms with van der Waals surface area (Å²) in [5, 5.41) is 3.76. The molecule has 2 aromatic carbocycles. The largest absolute Gasteiger partial charge is 0.416 e. The molecule has 2 atom stereocenters. The van der Waals surface area contributed by atoms with Crippen molar-refractivity contribution in [2.45, 2.75) is 50.5 Å². The molecule has 3 aromatic rings. The average molecular weight is 536 g/mol. The molecule has 39 heavy (non-hydrogen) atoms. The Morgan fingerprint density at radius 3 is 2.56 bits per heavy atom. The predicted molar refractivity (Wildman–Crippen MR) is 149 cm³/mol. The van der Waals surface area contributed by atoms with Gasteiger partial charge in [0.05, 0.1) is 17.3 Å². The smallest absolute Gasteiger partial charge is 0.368 e. The molecule has 0 unspecified atom stereocenters. The Labute approximate surface area is 228 Å². The highest BCUT2D eigenvalue weighted by Gasteiger charge is 2.32. The van der Waals surface area contributed by atoms with Crippen molar-refractivity contribution in [1.29, 1.82) is 0 Å². The second-order valence-electron chi connectivity index (χ2n) is 11.1. The Morgan fingerprint density at radius 1 is 0.974 bits per heavy atom. The summed E-state index contributed by atoms with van der Waals surface area (Å²) in [6, 6.07) is 17.2. The second kappa shape index (κ2) is 10.8. The molecule has 0 radical (unpaired) electrons. The van der Waals surface area contributed by atoms with E-state index in [4.69, 9.17) is 4.98 Å². The summed E-state index contributed by atoms with van der Waals surface area (Å²) < 4.78 is 39.7. The lowest BCUT2D eigenvalue weighted by Gasteiger charge is -2.40. The molecular formula is C31H36F3N5. The standard InChI is InChI=1S/C31H36F3N5/c1-37(29-12-2-6-22-8-5-13-35-30(22)29)21-25-19-27-23(20-36-25)7-3-11-28(27)39-16-14-38(15-17-39)26-10-4-9-24(18-26)31(32,33)34/h3-5,7-11,13,18,25,29,36H,2,6,12,14-17,19-21H2,1H3/t25-,29-/m0/s1. The van der Waals surface area contributed by atoms with Gasteiger partial charge in [0.25, 0.3) is 0 Å². The van der Waals surface area contributed by atoms with E-state index in [0.29, 0.717) is 30.9 Å². The van der Waals surface area contributed by atoms with Crippen molar-refractivity contribution in [3.63, 3.8) is 0 Å². The Balaban J connectivity index is 1.13. The van der Waals surface area contributed by atoms with Gasteiger partial charge in [0.2, 0.25) is 0 Å². The van der Waals surface area contributed by atoms with E-state index < -0.39 is 11.7 Å². The number of likely N-dealkylation sites (N-methyl/N-ethyl adjacent to an activating group) is 1. The number of nitrogens with one attached hydrogen (secondary N) is 1.